The van der Waals surface area contributed by atoms with Gasteiger partial charge in [0.25, 0.3) is 0 Å². The summed E-state index contributed by atoms with van der Waals surface area (Å²) in [6.07, 6.45) is 0.752. The second kappa shape index (κ2) is 7.87. The molecule has 0 aliphatic rings. The zero-order chi connectivity index (χ0) is 18.5. The molecule has 3 aromatic rings. The number of rotatable bonds is 6. The van der Waals surface area contributed by atoms with Crippen LogP contribution in [0.25, 0.3) is 22.1 Å². The Labute approximate surface area is 151 Å². The van der Waals surface area contributed by atoms with Gasteiger partial charge in [0.2, 0.25) is 0 Å². The molecule has 1 aromatic heterocycles. The maximum Gasteiger partial charge on any atom is 0.344 e. The van der Waals surface area contributed by atoms with Crippen LogP contribution in [0.15, 0.2) is 57.7 Å². The number of aryl methyl sites for hydroxylation is 1. The Kier molecular flexibility index (Phi) is 5.37. The lowest BCUT2D eigenvalue weighted by molar-refractivity contribution is -0.145. The monoisotopic (exact) mass is 352 g/mol. The lowest BCUT2D eigenvalue weighted by Gasteiger charge is -2.13. The number of carbonyl (C=O) groups excluding carboxylic acids is 1. The van der Waals surface area contributed by atoms with Gasteiger partial charge < -0.3 is 13.9 Å². The van der Waals surface area contributed by atoms with Crippen LogP contribution in [0.3, 0.4) is 0 Å². The standard InChI is InChI=1S/C21H20O5/c1-3-9-24-20(23)13-25-17-10-14(2)11-18-21(17)16(12-19(22)26-18)15-7-5-4-6-8-15/h4-8,10-12H,3,9,13H2,1-2H3. The van der Waals surface area contributed by atoms with E-state index in [9.17, 15) is 9.59 Å². The number of benzene rings is 2. The van der Waals surface area contributed by atoms with Gasteiger partial charge in [0.15, 0.2) is 6.61 Å². The van der Waals surface area contributed by atoms with Crippen molar-refractivity contribution in [3.05, 3.63) is 64.5 Å². The average molecular weight is 352 g/mol. The molecule has 0 fully saturated rings. The first-order valence-electron chi connectivity index (χ1n) is 8.51. The van der Waals surface area contributed by atoms with Crippen molar-refractivity contribution < 1.29 is 18.7 Å². The summed E-state index contributed by atoms with van der Waals surface area (Å²) in [6.45, 7) is 3.96. The molecule has 0 unspecified atom stereocenters. The fourth-order valence-electron chi connectivity index (χ4n) is 2.75. The Hall–Kier alpha value is -3.08. The van der Waals surface area contributed by atoms with E-state index >= 15 is 0 Å². The minimum Gasteiger partial charge on any atom is -0.481 e. The van der Waals surface area contributed by atoms with Gasteiger partial charge >= 0.3 is 11.6 Å². The number of esters is 1. The molecule has 0 amide bonds. The predicted molar refractivity (Wildman–Crippen MR) is 99.4 cm³/mol. The quantitative estimate of drug-likeness (QED) is 0.493. The van der Waals surface area contributed by atoms with Crippen LogP contribution in [0.4, 0.5) is 0 Å². The summed E-state index contributed by atoms with van der Waals surface area (Å²) in [6, 6.07) is 14.6. The van der Waals surface area contributed by atoms with E-state index < -0.39 is 11.6 Å². The molecule has 0 atom stereocenters. The van der Waals surface area contributed by atoms with Gasteiger partial charge in [-0.15, -0.1) is 0 Å². The normalized spacial score (nSPS) is 10.7. The highest BCUT2D eigenvalue weighted by Gasteiger charge is 2.15. The van der Waals surface area contributed by atoms with Crippen LogP contribution >= 0.6 is 0 Å². The molecular formula is C21H20O5. The lowest BCUT2D eigenvalue weighted by atomic mass is 10.0. The summed E-state index contributed by atoms with van der Waals surface area (Å²) in [5.41, 5.74) is 2.42. The van der Waals surface area contributed by atoms with E-state index in [1.54, 1.807) is 6.07 Å². The van der Waals surface area contributed by atoms with Crippen LogP contribution in [0.5, 0.6) is 5.75 Å². The average Bonchev–Trinajstić information content (AvgIpc) is 2.64. The van der Waals surface area contributed by atoms with E-state index in [-0.39, 0.29) is 6.61 Å². The van der Waals surface area contributed by atoms with Crippen molar-refractivity contribution >= 4 is 16.9 Å². The topological polar surface area (TPSA) is 65.7 Å². The molecule has 0 aliphatic carbocycles. The Balaban J connectivity index is 2.07. The van der Waals surface area contributed by atoms with E-state index in [2.05, 4.69) is 0 Å². The van der Waals surface area contributed by atoms with E-state index in [0.29, 0.717) is 28.9 Å². The van der Waals surface area contributed by atoms with E-state index in [4.69, 9.17) is 13.9 Å². The maximum absolute atomic E-state index is 12.0. The number of fused-ring (bicyclic) bond motifs is 1. The second-order valence-corrected chi connectivity index (χ2v) is 5.99. The van der Waals surface area contributed by atoms with Gasteiger partial charge in [-0.2, -0.15) is 0 Å². The van der Waals surface area contributed by atoms with Crippen LogP contribution in [0, 0.1) is 6.92 Å². The number of carbonyl (C=O) groups is 1. The van der Waals surface area contributed by atoms with Crippen molar-refractivity contribution in [2.75, 3.05) is 13.2 Å². The van der Waals surface area contributed by atoms with Crippen LogP contribution in [-0.4, -0.2) is 19.2 Å². The van der Waals surface area contributed by atoms with Crippen molar-refractivity contribution in [3.8, 4) is 16.9 Å². The zero-order valence-corrected chi connectivity index (χ0v) is 14.8. The smallest absolute Gasteiger partial charge is 0.344 e. The Morgan fingerprint density at radius 3 is 2.62 bits per heavy atom. The molecule has 5 nitrogen and oxygen atoms in total. The SMILES string of the molecule is CCCOC(=O)COc1cc(C)cc2oc(=O)cc(-c3ccccc3)c12. The van der Waals surface area contributed by atoms with Gasteiger partial charge in [-0.05, 0) is 36.6 Å². The molecule has 5 heteroatoms. The first-order valence-corrected chi connectivity index (χ1v) is 8.51. The van der Waals surface area contributed by atoms with Crippen molar-refractivity contribution in [2.45, 2.75) is 20.3 Å². The molecule has 0 N–H and O–H groups in total. The molecule has 0 saturated carbocycles. The molecular weight excluding hydrogens is 332 g/mol. The Morgan fingerprint density at radius 2 is 1.88 bits per heavy atom. The van der Waals surface area contributed by atoms with Crippen LogP contribution in [0.1, 0.15) is 18.9 Å². The molecule has 1 heterocycles. The van der Waals surface area contributed by atoms with Crippen molar-refractivity contribution in [1.29, 1.82) is 0 Å². The van der Waals surface area contributed by atoms with Crippen LogP contribution < -0.4 is 10.4 Å². The molecule has 0 spiro atoms. The highest BCUT2D eigenvalue weighted by atomic mass is 16.6. The summed E-state index contributed by atoms with van der Waals surface area (Å²) in [4.78, 5) is 23.8. The highest BCUT2D eigenvalue weighted by Crippen LogP contribution is 2.35. The number of ether oxygens (including phenoxy) is 2. The molecule has 0 radical (unpaired) electrons. The maximum atomic E-state index is 12.0. The molecule has 0 aliphatic heterocycles. The van der Waals surface area contributed by atoms with Crippen LogP contribution in [0.2, 0.25) is 0 Å². The van der Waals surface area contributed by atoms with E-state index in [1.807, 2.05) is 50.2 Å². The lowest BCUT2D eigenvalue weighted by Crippen LogP contribution is -2.15. The molecule has 3 rings (SSSR count). The third kappa shape index (κ3) is 3.94. The van der Waals surface area contributed by atoms with Gasteiger partial charge in [0, 0.05) is 11.6 Å². The molecule has 134 valence electrons. The predicted octanol–water partition coefficient (Wildman–Crippen LogP) is 4.10. The third-order valence-corrected chi connectivity index (χ3v) is 3.85. The highest BCUT2D eigenvalue weighted by molar-refractivity contribution is 5.98. The number of hydrogen-bond acceptors (Lipinski definition) is 5. The minimum absolute atomic E-state index is 0.202. The first-order chi connectivity index (χ1) is 12.6. The van der Waals surface area contributed by atoms with Gasteiger partial charge in [0.05, 0.1) is 12.0 Å². The Bertz CT molecular complexity index is 973. The third-order valence-electron chi connectivity index (χ3n) is 3.85. The molecule has 26 heavy (non-hydrogen) atoms. The second-order valence-electron chi connectivity index (χ2n) is 5.99. The molecule has 0 saturated heterocycles. The van der Waals surface area contributed by atoms with E-state index in [1.165, 1.54) is 6.07 Å². The van der Waals surface area contributed by atoms with Crippen molar-refractivity contribution in [2.24, 2.45) is 0 Å². The summed E-state index contributed by atoms with van der Waals surface area (Å²) in [5.74, 6) is 0.0520. The largest absolute Gasteiger partial charge is 0.481 e. The fourth-order valence-corrected chi connectivity index (χ4v) is 2.75. The van der Waals surface area contributed by atoms with Crippen LogP contribution in [-0.2, 0) is 9.53 Å². The molecule has 2 aromatic carbocycles. The Morgan fingerprint density at radius 1 is 1.12 bits per heavy atom. The zero-order valence-electron chi connectivity index (χ0n) is 14.8. The summed E-state index contributed by atoms with van der Waals surface area (Å²) >= 11 is 0. The molecule has 0 bridgehead atoms. The van der Waals surface area contributed by atoms with E-state index in [0.717, 1.165) is 17.5 Å². The van der Waals surface area contributed by atoms with Gasteiger partial charge in [-0.1, -0.05) is 37.3 Å². The first kappa shape index (κ1) is 17.7. The van der Waals surface area contributed by atoms with Crippen molar-refractivity contribution in [3.63, 3.8) is 0 Å². The summed E-state index contributed by atoms with van der Waals surface area (Å²) < 4.78 is 16.1. The summed E-state index contributed by atoms with van der Waals surface area (Å²) in [5, 5.41) is 0.657. The summed E-state index contributed by atoms with van der Waals surface area (Å²) in [7, 11) is 0. The number of hydrogen-bond donors (Lipinski definition) is 0. The van der Waals surface area contributed by atoms with Gasteiger partial charge in [-0.25, -0.2) is 9.59 Å². The van der Waals surface area contributed by atoms with Gasteiger partial charge in [0.1, 0.15) is 11.3 Å². The minimum atomic E-state index is -0.435. The van der Waals surface area contributed by atoms with Crippen molar-refractivity contribution in [1.82, 2.24) is 0 Å². The fraction of sp³-hybridized carbons (Fsp3) is 0.238. The van der Waals surface area contributed by atoms with Gasteiger partial charge in [-0.3, -0.25) is 0 Å².